The van der Waals surface area contributed by atoms with E-state index in [1.807, 2.05) is 60.4 Å². The van der Waals surface area contributed by atoms with E-state index in [2.05, 4.69) is 5.32 Å². The Hall–Kier alpha value is -3.02. The summed E-state index contributed by atoms with van der Waals surface area (Å²) < 4.78 is 10.9. The van der Waals surface area contributed by atoms with Gasteiger partial charge in [0, 0.05) is 25.2 Å². The summed E-state index contributed by atoms with van der Waals surface area (Å²) in [4.78, 5) is 26.9. The molecule has 1 heterocycles. The number of methoxy groups -OCH3 is 1. The predicted octanol–water partition coefficient (Wildman–Crippen LogP) is 4.43. The molecule has 0 saturated carbocycles. The van der Waals surface area contributed by atoms with Gasteiger partial charge in [-0.1, -0.05) is 18.2 Å². The molecule has 0 radical (unpaired) electrons. The van der Waals surface area contributed by atoms with Crippen molar-refractivity contribution < 1.29 is 19.1 Å². The van der Waals surface area contributed by atoms with Gasteiger partial charge in [0.2, 0.25) is 11.8 Å². The van der Waals surface area contributed by atoms with Crippen LogP contribution in [0.2, 0.25) is 0 Å². The zero-order valence-electron chi connectivity index (χ0n) is 18.4. The average molecular weight is 425 g/mol. The predicted molar refractivity (Wildman–Crippen MR) is 121 cm³/mol. The molecule has 2 aromatic carbocycles. The number of rotatable bonds is 9. The molecular weight excluding hydrogens is 392 g/mol. The molecule has 1 aliphatic rings. The Balaban J connectivity index is 1.39. The summed E-state index contributed by atoms with van der Waals surface area (Å²) >= 11 is 0. The average Bonchev–Trinajstić information content (AvgIpc) is 2.80. The summed E-state index contributed by atoms with van der Waals surface area (Å²) in [5, 5.41) is 2.99. The second-order valence-corrected chi connectivity index (χ2v) is 8.03. The van der Waals surface area contributed by atoms with E-state index in [4.69, 9.17) is 9.47 Å². The summed E-state index contributed by atoms with van der Waals surface area (Å²) in [6.07, 6.45) is 3.65. The number of amides is 2. The number of anilines is 1. The monoisotopic (exact) mass is 424 g/mol. The number of hydrogen-bond acceptors (Lipinski definition) is 4. The minimum atomic E-state index is 0.00739. The van der Waals surface area contributed by atoms with Crippen molar-refractivity contribution in [3.8, 4) is 11.5 Å². The molecule has 1 N–H and O–H groups in total. The van der Waals surface area contributed by atoms with Crippen LogP contribution in [0.5, 0.6) is 11.5 Å². The van der Waals surface area contributed by atoms with Gasteiger partial charge in [-0.15, -0.1) is 0 Å². The Morgan fingerprint density at radius 1 is 1.10 bits per heavy atom. The maximum atomic E-state index is 12.6. The highest BCUT2D eigenvalue weighted by Gasteiger charge is 2.24. The lowest BCUT2D eigenvalue weighted by Gasteiger charge is -2.33. The Labute approximate surface area is 184 Å². The van der Waals surface area contributed by atoms with Gasteiger partial charge >= 0.3 is 0 Å². The molecule has 1 aliphatic heterocycles. The lowest BCUT2D eigenvalue weighted by Crippen LogP contribution is -2.40. The molecule has 2 amide bonds. The van der Waals surface area contributed by atoms with Gasteiger partial charge in [0.25, 0.3) is 0 Å². The zero-order chi connectivity index (χ0) is 22.1. The van der Waals surface area contributed by atoms with Crippen molar-refractivity contribution in [3.05, 3.63) is 54.1 Å². The van der Waals surface area contributed by atoms with Crippen LogP contribution in [0.25, 0.3) is 0 Å². The van der Waals surface area contributed by atoms with Crippen LogP contribution >= 0.6 is 0 Å². The van der Waals surface area contributed by atoms with Gasteiger partial charge in [-0.05, 0) is 68.0 Å². The number of benzene rings is 2. The Morgan fingerprint density at radius 2 is 1.90 bits per heavy atom. The van der Waals surface area contributed by atoms with Crippen molar-refractivity contribution in [2.45, 2.75) is 39.0 Å². The van der Waals surface area contributed by atoms with Crippen LogP contribution in [0.3, 0.4) is 0 Å². The third-order valence-corrected chi connectivity index (χ3v) is 5.69. The number of nitrogens with one attached hydrogen (secondary N) is 1. The van der Waals surface area contributed by atoms with Crippen molar-refractivity contribution in [2.75, 3.05) is 32.1 Å². The van der Waals surface area contributed by atoms with E-state index in [1.54, 1.807) is 7.11 Å². The summed E-state index contributed by atoms with van der Waals surface area (Å²) in [6, 6.07) is 15.2. The van der Waals surface area contributed by atoms with Crippen LogP contribution in [-0.2, 0) is 9.59 Å². The smallest absolute Gasteiger partial charge is 0.226 e. The number of aryl methyl sites for hydroxylation is 1. The van der Waals surface area contributed by atoms with E-state index in [-0.39, 0.29) is 11.8 Å². The minimum Gasteiger partial charge on any atom is -0.497 e. The molecular formula is C25H32N2O4. The highest BCUT2D eigenvalue weighted by Crippen LogP contribution is 2.24. The quantitative estimate of drug-likeness (QED) is 0.647. The molecule has 0 bridgehead atoms. The van der Waals surface area contributed by atoms with E-state index < -0.39 is 0 Å². The first kappa shape index (κ1) is 22.7. The van der Waals surface area contributed by atoms with E-state index in [1.165, 1.54) is 0 Å². The molecule has 6 heteroatoms. The Morgan fingerprint density at radius 3 is 2.65 bits per heavy atom. The highest BCUT2D eigenvalue weighted by molar-refractivity contribution is 5.91. The van der Waals surface area contributed by atoms with Crippen LogP contribution in [0.4, 0.5) is 5.69 Å². The van der Waals surface area contributed by atoms with Gasteiger partial charge < -0.3 is 19.7 Å². The number of hydrogen-bond donors (Lipinski definition) is 1. The van der Waals surface area contributed by atoms with Crippen molar-refractivity contribution >= 4 is 17.5 Å². The van der Waals surface area contributed by atoms with Crippen molar-refractivity contribution in [1.29, 1.82) is 0 Å². The molecule has 1 saturated heterocycles. The molecule has 1 unspecified atom stereocenters. The SMILES string of the molecule is COc1ccc(NC(=O)CCC2CCCN(C(=O)CCOc3ccccc3)C2)c(C)c1. The number of carbonyl (C=O) groups excluding carboxylic acids is 2. The number of ether oxygens (including phenoxy) is 2. The summed E-state index contributed by atoms with van der Waals surface area (Å²) in [5.74, 6) is 2.05. The largest absolute Gasteiger partial charge is 0.497 e. The molecule has 0 aromatic heterocycles. The first-order valence-electron chi connectivity index (χ1n) is 11.0. The first-order chi connectivity index (χ1) is 15.0. The second kappa shape index (κ2) is 11.4. The molecule has 166 valence electrons. The maximum absolute atomic E-state index is 12.6. The number of likely N-dealkylation sites (tertiary alicyclic amines) is 1. The van der Waals surface area contributed by atoms with Gasteiger partial charge in [-0.2, -0.15) is 0 Å². The lowest BCUT2D eigenvalue weighted by atomic mass is 9.93. The number of para-hydroxylation sites is 1. The van der Waals surface area contributed by atoms with E-state index in [0.717, 1.165) is 55.1 Å². The van der Waals surface area contributed by atoms with Gasteiger partial charge in [0.1, 0.15) is 11.5 Å². The summed E-state index contributed by atoms with van der Waals surface area (Å²) in [5.41, 5.74) is 1.78. The van der Waals surface area contributed by atoms with Gasteiger partial charge in [-0.3, -0.25) is 9.59 Å². The minimum absolute atomic E-state index is 0.00739. The zero-order valence-corrected chi connectivity index (χ0v) is 18.4. The number of carbonyl (C=O) groups is 2. The fraction of sp³-hybridized carbons (Fsp3) is 0.440. The third kappa shape index (κ3) is 7.02. The van der Waals surface area contributed by atoms with E-state index in [9.17, 15) is 9.59 Å². The molecule has 2 aromatic rings. The van der Waals surface area contributed by atoms with Crippen LogP contribution in [0.15, 0.2) is 48.5 Å². The Kier molecular flexibility index (Phi) is 8.33. The third-order valence-electron chi connectivity index (χ3n) is 5.69. The fourth-order valence-electron chi connectivity index (χ4n) is 3.91. The van der Waals surface area contributed by atoms with Crippen LogP contribution in [0.1, 0.15) is 37.7 Å². The molecule has 3 rings (SSSR count). The highest BCUT2D eigenvalue weighted by atomic mass is 16.5. The van der Waals surface area contributed by atoms with E-state index >= 15 is 0 Å². The molecule has 0 spiro atoms. The van der Waals surface area contributed by atoms with Gasteiger partial charge in [0.15, 0.2) is 0 Å². The topological polar surface area (TPSA) is 67.9 Å². The van der Waals surface area contributed by atoms with Crippen molar-refractivity contribution in [1.82, 2.24) is 4.90 Å². The molecule has 1 atom stereocenters. The van der Waals surface area contributed by atoms with Gasteiger partial charge in [-0.25, -0.2) is 0 Å². The van der Waals surface area contributed by atoms with Crippen LogP contribution in [0, 0.1) is 12.8 Å². The second-order valence-electron chi connectivity index (χ2n) is 8.03. The number of nitrogens with zero attached hydrogens (tertiary/aromatic N) is 1. The standard InChI is InChI=1S/C25H32N2O4/c1-19-17-22(30-2)11-12-23(19)26-24(28)13-10-20-7-6-15-27(18-20)25(29)14-16-31-21-8-4-3-5-9-21/h3-5,8-9,11-12,17,20H,6-7,10,13-16,18H2,1-2H3,(H,26,28). The maximum Gasteiger partial charge on any atom is 0.226 e. The summed E-state index contributed by atoms with van der Waals surface area (Å²) in [6.45, 7) is 3.84. The molecule has 31 heavy (non-hydrogen) atoms. The lowest BCUT2D eigenvalue weighted by molar-refractivity contribution is -0.133. The van der Waals surface area contributed by atoms with Gasteiger partial charge in [0.05, 0.1) is 20.1 Å². The van der Waals surface area contributed by atoms with Crippen molar-refractivity contribution in [3.63, 3.8) is 0 Å². The number of piperidine rings is 1. The Bertz CT molecular complexity index is 869. The first-order valence-corrected chi connectivity index (χ1v) is 11.0. The molecule has 0 aliphatic carbocycles. The summed E-state index contributed by atoms with van der Waals surface area (Å²) in [7, 11) is 1.63. The van der Waals surface area contributed by atoms with Crippen LogP contribution in [-0.4, -0.2) is 43.5 Å². The molecule has 6 nitrogen and oxygen atoms in total. The van der Waals surface area contributed by atoms with Crippen molar-refractivity contribution in [2.24, 2.45) is 5.92 Å². The van der Waals surface area contributed by atoms with E-state index in [0.29, 0.717) is 25.4 Å². The molecule has 1 fully saturated rings. The normalized spacial score (nSPS) is 15.9. The fourth-order valence-corrected chi connectivity index (χ4v) is 3.91. The van der Waals surface area contributed by atoms with Crippen LogP contribution < -0.4 is 14.8 Å².